The number of hydrogen-bond donors (Lipinski definition) is 2. The second-order valence-corrected chi connectivity index (χ2v) is 8.71. The second kappa shape index (κ2) is 11.0. The molecule has 1 aromatic carbocycles. The highest BCUT2D eigenvalue weighted by molar-refractivity contribution is 5.90. The fourth-order valence-electron chi connectivity index (χ4n) is 3.55. The number of piperidine rings is 1. The fourth-order valence-corrected chi connectivity index (χ4v) is 3.55. The summed E-state index contributed by atoms with van der Waals surface area (Å²) in [6.07, 6.45) is 5.29. The zero-order chi connectivity index (χ0) is 23.8. The first kappa shape index (κ1) is 24.3. The second-order valence-electron chi connectivity index (χ2n) is 8.71. The Morgan fingerprint density at radius 1 is 1.24 bits per heavy atom. The maximum atomic E-state index is 12.3. The van der Waals surface area contributed by atoms with E-state index in [4.69, 9.17) is 9.47 Å². The number of aromatic nitrogens is 2. The minimum atomic E-state index is -0.964. The van der Waals surface area contributed by atoms with Crippen molar-refractivity contribution in [2.75, 3.05) is 29.9 Å². The summed E-state index contributed by atoms with van der Waals surface area (Å²) in [7, 11) is 0. The monoisotopic (exact) mass is 456 g/mol. The average molecular weight is 457 g/mol. The maximum absolute atomic E-state index is 12.3. The SMILES string of the molecule is CCOc1ccccc1O[C@@H]1CCCN(c2cncc(NC(=O)CCC(C)(C)C(=O)O)n2)C1. The first-order valence-electron chi connectivity index (χ1n) is 11.3. The first-order chi connectivity index (χ1) is 15.8. The highest BCUT2D eigenvalue weighted by Gasteiger charge is 2.28. The number of carboxylic acids is 1. The van der Waals surface area contributed by atoms with Gasteiger partial charge < -0.3 is 24.8 Å². The van der Waals surface area contributed by atoms with Gasteiger partial charge in [-0.25, -0.2) is 4.98 Å². The lowest BCUT2D eigenvalue weighted by Gasteiger charge is -2.33. The molecule has 0 radical (unpaired) electrons. The number of anilines is 2. The van der Waals surface area contributed by atoms with Gasteiger partial charge >= 0.3 is 5.97 Å². The number of nitrogens with zero attached hydrogens (tertiary/aromatic N) is 3. The molecule has 1 amide bonds. The van der Waals surface area contributed by atoms with Crippen LogP contribution >= 0.6 is 0 Å². The average Bonchev–Trinajstić information content (AvgIpc) is 2.79. The summed E-state index contributed by atoms with van der Waals surface area (Å²) in [5, 5.41) is 11.9. The minimum Gasteiger partial charge on any atom is -0.490 e. The van der Waals surface area contributed by atoms with E-state index in [2.05, 4.69) is 20.2 Å². The Morgan fingerprint density at radius 2 is 2.00 bits per heavy atom. The van der Waals surface area contributed by atoms with Crippen LogP contribution in [0.4, 0.5) is 11.6 Å². The van der Waals surface area contributed by atoms with Gasteiger partial charge in [-0.15, -0.1) is 0 Å². The van der Waals surface area contributed by atoms with Gasteiger partial charge in [-0.05, 0) is 52.2 Å². The summed E-state index contributed by atoms with van der Waals surface area (Å²) in [5.74, 6) is 1.24. The fraction of sp³-hybridized carbons (Fsp3) is 0.500. The summed E-state index contributed by atoms with van der Waals surface area (Å²) in [5.41, 5.74) is -0.964. The van der Waals surface area contributed by atoms with Crippen LogP contribution in [-0.2, 0) is 9.59 Å². The molecule has 1 aliphatic rings. The number of amides is 1. The summed E-state index contributed by atoms with van der Waals surface area (Å²) < 4.78 is 11.9. The molecule has 3 rings (SSSR count). The number of carboxylic acid groups (broad SMARTS) is 1. The Kier molecular flexibility index (Phi) is 8.08. The van der Waals surface area contributed by atoms with Gasteiger partial charge in [0.25, 0.3) is 0 Å². The molecule has 0 aliphatic carbocycles. The molecule has 178 valence electrons. The Bertz CT molecular complexity index is 965. The number of nitrogens with one attached hydrogen (secondary N) is 1. The van der Waals surface area contributed by atoms with Crippen molar-refractivity contribution in [3.63, 3.8) is 0 Å². The van der Waals surface area contributed by atoms with Crippen molar-refractivity contribution in [2.24, 2.45) is 5.41 Å². The number of carbonyl (C=O) groups is 2. The van der Waals surface area contributed by atoms with Crippen LogP contribution in [0.25, 0.3) is 0 Å². The number of aliphatic carboxylic acids is 1. The van der Waals surface area contributed by atoms with E-state index >= 15 is 0 Å². The molecule has 9 heteroatoms. The number of rotatable bonds is 10. The molecule has 0 saturated carbocycles. The van der Waals surface area contributed by atoms with Crippen LogP contribution in [0.5, 0.6) is 11.5 Å². The van der Waals surface area contributed by atoms with Gasteiger partial charge in [0.05, 0.1) is 31.0 Å². The van der Waals surface area contributed by atoms with Crippen LogP contribution in [-0.4, -0.2) is 52.8 Å². The van der Waals surface area contributed by atoms with Gasteiger partial charge in [0.2, 0.25) is 5.91 Å². The van der Waals surface area contributed by atoms with E-state index in [1.807, 2.05) is 31.2 Å². The van der Waals surface area contributed by atoms with Crippen molar-refractivity contribution < 1.29 is 24.2 Å². The maximum Gasteiger partial charge on any atom is 0.309 e. The molecule has 1 aliphatic heterocycles. The van der Waals surface area contributed by atoms with E-state index in [1.165, 1.54) is 6.20 Å². The van der Waals surface area contributed by atoms with Gasteiger partial charge in [0, 0.05) is 13.0 Å². The van der Waals surface area contributed by atoms with Crippen molar-refractivity contribution in [1.82, 2.24) is 9.97 Å². The molecule has 1 fully saturated rings. The van der Waals surface area contributed by atoms with Crippen molar-refractivity contribution >= 4 is 23.5 Å². The molecule has 1 atom stereocenters. The van der Waals surface area contributed by atoms with Gasteiger partial charge in [0.15, 0.2) is 17.3 Å². The summed E-state index contributed by atoms with van der Waals surface area (Å²) in [6.45, 7) is 7.16. The predicted molar refractivity (Wildman–Crippen MR) is 125 cm³/mol. The molecular formula is C24H32N4O5. The van der Waals surface area contributed by atoms with Crippen molar-refractivity contribution in [2.45, 2.75) is 52.6 Å². The summed E-state index contributed by atoms with van der Waals surface area (Å²) in [6, 6.07) is 7.65. The van der Waals surface area contributed by atoms with E-state index in [1.54, 1.807) is 20.0 Å². The Morgan fingerprint density at radius 3 is 2.73 bits per heavy atom. The third-order valence-electron chi connectivity index (χ3n) is 5.59. The Labute approximate surface area is 194 Å². The third-order valence-corrected chi connectivity index (χ3v) is 5.59. The number of hydrogen-bond acceptors (Lipinski definition) is 7. The molecule has 0 bridgehead atoms. The van der Waals surface area contributed by atoms with Crippen LogP contribution in [0, 0.1) is 5.41 Å². The van der Waals surface area contributed by atoms with Gasteiger partial charge in [-0.1, -0.05) is 12.1 Å². The van der Waals surface area contributed by atoms with E-state index in [0.29, 0.717) is 24.8 Å². The molecule has 0 spiro atoms. The smallest absolute Gasteiger partial charge is 0.309 e. The summed E-state index contributed by atoms with van der Waals surface area (Å²) in [4.78, 5) is 34.4. The van der Waals surface area contributed by atoms with Gasteiger partial charge in [-0.3, -0.25) is 14.6 Å². The van der Waals surface area contributed by atoms with E-state index in [0.717, 1.165) is 30.9 Å². The lowest BCUT2D eigenvalue weighted by Crippen LogP contribution is -2.41. The standard InChI is InChI=1S/C24H32N4O5/c1-4-32-18-9-5-6-10-19(18)33-17-8-7-13-28(16-17)21-15-25-14-20(26-21)27-22(29)11-12-24(2,3)23(30)31/h5-6,9-10,14-15,17H,4,7-8,11-13,16H2,1-3H3,(H,30,31)(H,26,27,29)/t17-/m1/s1. The largest absolute Gasteiger partial charge is 0.490 e. The highest BCUT2D eigenvalue weighted by Crippen LogP contribution is 2.30. The lowest BCUT2D eigenvalue weighted by atomic mass is 9.88. The molecule has 1 aromatic heterocycles. The molecular weight excluding hydrogens is 424 g/mol. The van der Waals surface area contributed by atoms with Crippen molar-refractivity contribution in [3.05, 3.63) is 36.7 Å². The van der Waals surface area contributed by atoms with Crippen LogP contribution in [0.15, 0.2) is 36.7 Å². The van der Waals surface area contributed by atoms with Crippen LogP contribution in [0.3, 0.4) is 0 Å². The molecule has 2 aromatic rings. The van der Waals surface area contributed by atoms with Crippen molar-refractivity contribution in [3.8, 4) is 11.5 Å². The molecule has 0 unspecified atom stereocenters. The van der Waals surface area contributed by atoms with E-state index in [9.17, 15) is 14.7 Å². The molecule has 33 heavy (non-hydrogen) atoms. The first-order valence-corrected chi connectivity index (χ1v) is 11.3. The third kappa shape index (κ3) is 6.81. The van der Waals surface area contributed by atoms with Crippen LogP contribution in [0.2, 0.25) is 0 Å². The zero-order valence-electron chi connectivity index (χ0n) is 19.4. The summed E-state index contributed by atoms with van der Waals surface area (Å²) >= 11 is 0. The quantitative estimate of drug-likeness (QED) is 0.556. The van der Waals surface area contributed by atoms with E-state index < -0.39 is 11.4 Å². The minimum absolute atomic E-state index is 0.0290. The number of carbonyl (C=O) groups excluding carboxylic acids is 1. The normalized spacial score (nSPS) is 16.2. The molecule has 9 nitrogen and oxygen atoms in total. The Hall–Kier alpha value is -3.36. The van der Waals surface area contributed by atoms with E-state index in [-0.39, 0.29) is 24.9 Å². The molecule has 1 saturated heterocycles. The Balaban J connectivity index is 1.60. The number of para-hydroxylation sites is 2. The zero-order valence-corrected chi connectivity index (χ0v) is 19.4. The van der Waals surface area contributed by atoms with Crippen molar-refractivity contribution in [1.29, 1.82) is 0 Å². The van der Waals surface area contributed by atoms with Crippen LogP contribution < -0.4 is 19.7 Å². The lowest BCUT2D eigenvalue weighted by molar-refractivity contribution is -0.147. The molecule has 2 heterocycles. The highest BCUT2D eigenvalue weighted by atomic mass is 16.5. The van der Waals surface area contributed by atoms with Gasteiger partial charge in [0.1, 0.15) is 11.9 Å². The molecule has 2 N–H and O–H groups in total. The topological polar surface area (TPSA) is 114 Å². The van der Waals surface area contributed by atoms with Crippen LogP contribution in [0.1, 0.15) is 46.5 Å². The number of benzene rings is 1. The predicted octanol–water partition coefficient (Wildman–Crippen LogP) is 3.75. The van der Waals surface area contributed by atoms with Gasteiger partial charge in [-0.2, -0.15) is 0 Å². The number of ether oxygens (including phenoxy) is 2.